The van der Waals surface area contributed by atoms with E-state index < -0.39 is 0 Å². The molecule has 1 atom stereocenters. The Kier molecular flexibility index (Phi) is 5.84. The molecule has 7 nitrogen and oxygen atoms in total. The van der Waals surface area contributed by atoms with E-state index >= 15 is 0 Å². The van der Waals surface area contributed by atoms with Crippen molar-refractivity contribution in [3.63, 3.8) is 0 Å². The summed E-state index contributed by atoms with van der Waals surface area (Å²) in [5, 5.41) is 0. The maximum Gasteiger partial charge on any atom is 0.327 e. The van der Waals surface area contributed by atoms with Crippen LogP contribution >= 0.6 is 0 Å². The minimum atomic E-state index is -0.148. The first kappa shape index (κ1) is 22.8. The summed E-state index contributed by atoms with van der Waals surface area (Å²) < 4.78 is 3.47. The predicted molar refractivity (Wildman–Crippen MR) is 140 cm³/mol. The van der Waals surface area contributed by atoms with E-state index in [1.807, 2.05) is 63.4 Å². The van der Waals surface area contributed by atoms with Gasteiger partial charge in [-0.05, 0) is 68.5 Å². The van der Waals surface area contributed by atoms with E-state index in [-0.39, 0.29) is 23.2 Å². The third-order valence-corrected chi connectivity index (χ3v) is 6.61. The summed E-state index contributed by atoms with van der Waals surface area (Å²) in [6.07, 6.45) is 4.30. The highest BCUT2D eigenvalue weighted by atomic mass is 16.1. The minimum absolute atomic E-state index is 0.0268. The molecule has 1 aromatic carbocycles. The van der Waals surface area contributed by atoms with Crippen molar-refractivity contribution in [2.75, 3.05) is 0 Å². The van der Waals surface area contributed by atoms with Gasteiger partial charge < -0.3 is 9.55 Å². The van der Waals surface area contributed by atoms with E-state index in [1.165, 1.54) is 0 Å². The highest BCUT2D eigenvalue weighted by Gasteiger charge is 2.16. The van der Waals surface area contributed by atoms with E-state index in [4.69, 9.17) is 0 Å². The van der Waals surface area contributed by atoms with E-state index in [9.17, 15) is 9.59 Å². The second-order valence-electron chi connectivity index (χ2n) is 9.35. The molecule has 178 valence electrons. The van der Waals surface area contributed by atoms with Crippen LogP contribution in [0.25, 0.3) is 33.3 Å². The van der Waals surface area contributed by atoms with Crippen LogP contribution in [0.15, 0.2) is 70.5 Å². The summed E-state index contributed by atoms with van der Waals surface area (Å²) in [6, 6.07) is 16.0. The van der Waals surface area contributed by atoms with Crippen LogP contribution in [0.2, 0.25) is 0 Å². The van der Waals surface area contributed by atoms with Gasteiger partial charge in [0.15, 0.2) is 5.65 Å². The number of aryl methyl sites for hydroxylation is 1. The number of pyridine rings is 3. The third kappa shape index (κ3) is 4.07. The lowest BCUT2D eigenvalue weighted by molar-refractivity contribution is 0.593. The Bertz CT molecular complexity index is 1660. The fourth-order valence-corrected chi connectivity index (χ4v) is 4.88. The first-order valence-corrected chi connectivity index (χ1v) is 12.1. The van der Waals surface area contributed by atoms with Crippen molar-refractivity contribution in [3.8, 4) is 11.1 Å². The standard InChI is InChI=1S/C28H29N5O2/c1-5-32-25-10-7-11-29-23(25)15-22(27(32)34)18(4)12-19-8-6-9-20(13-19)21-14-24-26(30-16-21)33(17(2)3)28(35)31-24/h6-11,13-18H,5,12H2,1-4H3,(H,31,35)/t18-/m0/s1. The zero-order valence-corrected chi connectivity index (χ0v) is 20.4. The van der Waals surface area contributed by atoms with Gasteiger partial charge >= 0.3 is 5.69 Å². The van der Waals surface area contributed by atoms with Gasteiger partial charge in [0.2, 0.25) is 0 Å². The molecule has 7 heteroatoms. The largest absolute Gasteiger partial charge is 0.327 e. The van der Waals surface area contributed by atoms with Crippen molar-refractivity contribution in [2.45, 2.75) is 52.6 Å². The molecule has 0 spiro atoms. The van der Waals surface area contributed by atoms with Crippen LogP contribution in [0.1, 0.15) is 50.8 Å². The summed E-state index contributed by atoms with van der Waals surface area (Å²) in [6.45, 7) is 8.61. The monoisotopic (exact) mass is 467 g/mol. The van der Waals surface area contributed by atoms with Gasteiger partial charge in [0.25, 0.3) is 5.56 Å². The number of hydrogen-bond donors (Lipinski definition) is 1. The van der Waals surface area contributed by atoms with Crippen LogP contribution in [0.5, 0.6) is 0 Å². The zero-order valence-electron chi connectivity index (χ0n) is 20.4. The Morgan fingerprint density at radius 3 is 2.57 bits per heavy atom. The van der Waals surface area contributed by atoms with E-state index in [1.54, 1.807) is 15.3 Å². The van der Waals surface area contributed by atoms with Crippen molar-refractivity contribution in [1.82, 2.24) is 24.1 Å². The normalized spacial score (nSPS) is 12.6. The molecular formula is C28H29N5O2. The molecule has 0 saturated heterocycles. The number of benzene rings is 1. The summed E-state index contributed by atoms with van der Waals surface area (Å²) in [5.74, 6) is 0.0268. The van der Waals surface area contributed by atoms with Gasteiger partial charge in [-0.2, -0.15) is 0 Å². The van der Waals surface area contributed by atoms with Gasteiger partial charge in [-0.25, -0.2) is 9.78 Å². The van der Waals surface area contributed by atoms with Gasteiger partial charge in [-0.3, -0.25) is 14.3 Å². The maximum absolute atomic E-state index is 13.2. The lowest BCUT2D eigenvalue weighted by Gasteiger charge is -2.16. The number of imidazole rings is 1. The molecule has 5 aromatic rings. The topological polar surface area (TPSA) is 85.6 Å². The zero-order chi connectivity index (χ0) is 24.7. The average molecular weight is 468 g/mol. The molecule has 0 unspecified atom stereocenters. The first-order chi connectivity index (χ1) is 16.9. The number of nitrogens with zero attached hydrogens (tertiary/aromatic N) is 4. The average Bonchev–Trinajstić information content (AvgIpc) is 3.19. The molecular weight excluding hydrogens is 438 g/mol. The second-order valence-corrected chi connectivity index (χ2v) is 9.35. The molecule has 0 amide bonds. The van der Waals surface area contributed by atoms with Crippen LogP contribution in [-0.4, -0.2) is 24.1 Å². The molecule has 4 aromatic heterocycles. The van der Waals surface area contributed by atoms with Gasteiger partial charge in [0.05, 0.1) is 16.6 Å². The maximum atomic E-state index is 13.2. The van der Waals surface area contributed by atoms with Crippen molar-refractivity contribution >= 4 is 22.2 Å². The number of fused-ring (bicyclic) bond motifs is 2. The molecule has 0 aliphatic rings. The fourth-order valence-electron chi connectivity index (χ4n) is 4.88. The Labute approximate surface area is 203 Å². The Morgan fingerprint density at radius 1 is 0.971 bits per heavy atom. The number of aromatic nitrogens is 5. The summed E-state index contributed by atoms with van der Waals surface area (Å²) >= 11 is 0. The molecule has 0 aliphatic heterocycles. The SMILES string of the molecule is CCn1c(=O)c([C@@H](C)Cc2cccc(-c3cnc4c(c3)[nH]c(=O)n4C(C)C)c2)cc2ncccc21. The first-order valence-electron chi connectivity index (χ1n) is 12.1. The molecule has 0 aliphatic carbocycles. The molecule has 4 heterocycles. The van der Waals surface area contributed by atoms with Gasteiger partial charge in [0.1, 0.15) is 0 Å². The number of nitrogens with one attached hydrogen (secondary N) is 1. The third-order valence-electron chi connectivity index (χ3n) is 6.61. The van der Waals surface area contributed by atoms with Crippen LogP contribution < -0.4 is 11.2 Å². The number of H-pyrrole nitrogens is 1. The van der Waals surface area contributed by atoms with E-state index in [0.717, 1.165) is 45.2 Å². The minimum Gasteiger partial charge on any atom is -0.307 e. The predicted octanol–water partition coefficient (Wildman–Crippen LogP) is 5.05. The van der Waals surface area contributed by atoms with Crippen LogP contribution in [0.3, 0.4) is 0 Å². The van der Waals surface area contributed by atoms with Gasteiger partial charge in [-0.1, -0.05) is 31.2 Å². The van der Waals surface area contributed by atoms with Gasteiger partial charge in [-0.15, -0.1) is 0 Å². The lowest BCUT2D eigenvalue weighted by Crippen LogP contribution is -2.25. The summed E-state index contributed by atoms with van der Waals surface area (Å²) in [5.41, 5.74) is 6.86. The van der Waals surface area contributed by atoms with E-state index in [2.05, 4.69) is 34.0 Å². The van der Waals surface area contributed by atoms with Crippen molar-refractivity contribution < 1.29 is 0 Å². The number of aromatic amines is 1. The highest BCUT2D eigenvalue weighted by molar-refractivity contribution is 5.78. The molecule has 0 saturated carbocycles. The molecule has 0 bridgehead atoms. The molecule has 5 rings (SSSR count). The Hall–Kier alpha value is -4.00. The molecule has 0 radical (unpaired) electrons. The molecule has 1 N–H and O–H groups in total. The van der Waals surface area contributed by atoms with Crippen LogP contribution in [0, 0.1) is 0 Å². The quantitative estimate of drug-likeness (QED) is 0.379. The Morgan fingerprint density at radius 2 is 1.80 bits per heavy atom. The number of rotatable bonds is 6. The highest BCUT2D eigenvalue weighted by Crippen LogP contribution is 2.26. The van der Waals surface area contributed by atoms with E-state index in [0.29, 0.717) is 12.2 Å². The van der Waals surface area contributed by atoms with Crippen molar-refractivity contribution in [3.05, 3.63) is 92.9 Å². The molecule has 35 heavy (non-hydrogen) atoms. The van der Waals surface area contributed by atoms with Gasteiger partial charge in [0, 0.05) is 36.1 Å². The lowest BCUT2D eigenvalue weighted by atomic mass is 9.92. The smallest absolute Gasteiger partial charge is 0.307 e. The number of hydrogen-bond acceptors (Lipinski definition) is 4. The van der Waals surface area contributed by atoms with Crippen LogP contribution in [-0.2, 0) is 13.0 Å². The second kappa shape index (κ2) is 8.98. The fraction of sp³-hybridized carbons (Fsp3) is 0.286. The Balaban J connectivity index is 1.48. The summed E-state index contributed by atoms with van der Waals surface area (Å²) in [4.78, 5) is 37.5. The van der Waals surface area contributed by atoms with Crippen molar-refractivity contribution in [1.29, 1.82) is 0 Å². The molecule has 0 fully saturated rings. The van der Waals surface area contributed by atoms with Crippen LogP contribution in [0.4, 0.5) is 0 Å². The van der Waals surface area contributed by atoms with Crippen molar-refractivity contribution in [2.24, 2.45) is 0 Å². The summed E-state index contributed by atoms with van der Waals surface area (Å²) in [7, 11) is 0.